The predicted octanol–water partition coefficient (Wildman–Crippen LogP) is 2.27. The molecule has 2 aromatic heterocycles. The lowest BCUT2D eigenvalue weighted by atomic mass is 9.93. The standard InChI is InChI=1S/C21H26N4O3/c1-12-9-16(13(2)26)19-17(10-12)21(28)23(4)20-18(22-11-25(19)20)15-5-7-24(8-6-15)14(3)27/h9-11,13,15,26H,5-8H2,1-4H3/i4D3,13D. The molecule has 1 atom stereocenters. The van der Waals surface area contributed by atoms with Crippen molar-refractivity contribution in [3.05, 3.63) is 45.6 Å². The zero-order chi connectivity index (χ0) is 23.6. The van der Waals surface area contributed by atoms with Gasteiger partial charge in [-0.15, -0.1) is 0 Å². The van der Waals surface area contributed by atoms with Crippen LogP contribution in [0.25, 0.3) is 16.6 Å². The van der Waals surface area contributed by atoms with Crippen molar-refractivity contribution in [1.29, 1.82) is 0 Å². The van der Waals surface area contributed by atoms with Crippen molar-refractivity contribution in [2.24, 2.45) is 6.98 Å². The van der Waals surface area contributed by atoms with Crippen LogP contribution in [0, 0.1) is 6.92 Å². The molecule has 1 N–H and O–H groups in total. The van der Waals surface area contributed by atoms with Crippen molar-refractivity contribution >= 4 is 22.5 Å². The maximum absolute atomic E-state index is 13.5. The summed E-state index contributed by atoms with van der Waals surface area (Å²) in [6.07, 6.45) is 0.635. The summed E-state index contributed by atoms with van der Waals surface area (Å²) >= 11 is 0. The Kier molecular flexibility index (Phi) is 3.45. The zero-order valence-electron chi connectivity index (χ0n) is 20.2. The minimum atomic E-state index is -2.76. The Labute approximate surface area is 168 Å². The van der Waals surface area contributed by atoms with Gasteiger partial charge in [0.05, 0.1) is 24.0 Å². The van der Waals surface area contributed by atoms with Crippen molar-refractivity contribution in [2.75, 3.05) is 13.1 Å². The second kappa shape index (κ2) is 6.74. The fraction of sp³-hybridized carbons (Fsp3) is 0.476. The lowest BCUT2D eigenvalue weighted by Crippen LogP contribution is -2.36. The highest BCUT2D eigenvalue weighted by Gasteiger charge is 2.27. The van der Waals surface area contributed by atoms with Crippen LogP contribution in [0.1, 0.15) is 61.0 Å². The van der Waals surface area contributed by atoms with Crippen LogP contribution in [0.4, 0.5) is 0 Å². The second-order valence-electron chi connectivity index (χ2n) is 7.54. The molecule has 1 aromatic carbocycles. The van der Waals surface area contributed by atoms with Crippen LogP contribution in [0.5, 0.6) is 0 Å². The molecule has 1 saturated heterocycles. The number of nitrogens with zero attached hydrogens (tertiary/aromatic N) is 4. The molecule has 3 heterocycles. The van der Waals surface area contributed by atoms with Gasteiger partial charge in [0, 0.05) is 42.6 Å². The van der Waals surface area contributed by atoms with Gasteiger partial charge in [-0.05, 0) is 38.3 Å². The van der Waals surface area contributed by atoms with Gasteiger partial charge in [-0.1, -0.05) is 6.07 Å². The Balaban J connectivity index is 2.06. The van der Waals surface area contributed by atoms with Gasteiger partial charge in [-0.25, -0.2) is 4.98 Å². The first-order chi connectivity index (χ1) is 14.8. The van der Waals surface area contributed by atoms with E-state index in [0.717, 1.165) is 4.57 Å². The van der Waals surface area contributed by atoms with Gasteiger partial charge < -0.3 is 10.0 Å². The monoisotopic (exact) mass is 386 g/mol. The molecule has 4 rings (SSSR count). The molecule has 28 heavy (non-hydrogen) atoms. The van der Waals surface area contributed by atoms with E-state index in [1.54, 1.807) is 24.0 Å². The number of hydrogen-bond acceptors (Lipinski definition) is 4. The number of carbonyl (C=O) groups excluding carboxylic acids is 1. The molecule has 7 nitrogen and oxygen atoms in total. The van der Waals surface area contributed by atoms with Crippen LogP contribution in [0.3, 0.4) is 0 Å². The SMILES string of the molecule is [2H]C(C)(O)c1cc(C)cc2c(=O)n(C([2H])([2H])[2H])c3c(C4CCN(C(C)=O)CC4)ncn3c12. The first-order valence-electron chi connectivity index (χ1n) is 11.4. The van der Waals surface area contributed by atoms with Crippen LogP contribution in [0.2, 0.25) is 0 Å². The minimum absolute atomic E-state index is 0.0127. The Morgan fingerprint density at radius 3 is 2.71 bits per heavy atom. The predicted molar refractivity (Wildman–Crippen MR) is 108 cm³/mol. The minimum Gasteiger partial charge on any atom is -0.389 e. The lowest BCUT2D eigenvalue weighted by Gasteiger charge is -2.30. The summed E-state index contributed by atoms with van der Waals surface area (Å²) in [5.41, 5.74) is 0.992. The van der Waals surface area contributed by atoms with Gasteiger partial charge in [0.15, 0.2) is 0 Å². The number of aromatic nitrogens is 3. The van der Waals surface area contributed by atoms with Crippen molar-refractivity contribution in [1.82, 2.24) is 18.9 Å². The molecule has 148 valence electrons. The molecule has 1 aliphatic rings. The topological polar surface area (TPSA) is 79.8 Å². The summed E-state index contributed by atoms with van der Waals surface area (Å²) in [5, 5.41) is 10.6. The van der Waals surface area contributed by atoms with Gasteiger partial charge in [0.1, 0.15) is 12.0 Å². The van der Waals surface area contributed by atoms with E-state index in [-0.39, 0.29) is 33.9 Å². The van der Waals surface area contributed by atoms with E-state index >= 15 is 0 Å². The first-order valence-corrected chi connectivity index (χ1v) is 9.36. The molecule has 0 saturated carbocycles. The summed E-state index contributed by atoms with van der Waals surface area (Å²) in [5.74, 6) is -0.146. The molecule has 0 aliphatic carbocycles. The van der Waals surface area contributed by atoms with E-state index in [0.29, 0.717) is 37.2 Å². The molecular formula is C21H26N4O3. The van der Waals surface area contributed by atoms with Crippen molar-refractivity contribution in [2.45, 2.75) is 45.6 Å². The summed E-state index contributed by atoms with van der Waals surface area (Å²) in [6, 6.07) is 3.19. The molecule has 1 fully saturated rings. The number of amides is 1. The highest BCUT2D eigenvalue weighted by atomic mass is 16.3. The second-order valence-corrected chi connectivity index (χ2v) is 7.54. The van der Waals surface area contributed by atoms with Crippen LogP contribution < -0.4 is 5.56 Å². The molecule has 1 amide bonds. The normalized spacial score (nSPS) is 20.5. The Hall–Kier alpha value is -2.67. The summed E-state index contributed by atoms with van der Waals surface area (Å²) in [6.45, 7) is 2.83. The van der Waals surface area contributed by atoms with Gasteiger partial charge >= 0.3 is 0 Å². The van der Waals surface area contributed by atoms with Crippen molar-refractivity contribution in [3.63, 3.8) is 0 Å². The number of aryl methyl sites for hydroxylation is 2. The summed E-state index contributed by atoms with van der Waals surface area (Å²) < 4.78 is 34.7. The molecular weight excluding hydrogens is 356 g/mol. The van der Waals surface area contributed by atoms with E-state index in [1.807, 2.05) is 0 Å². The van der Waals surface area contributed by atoms with E-state index < -0.39 is 18.6 Å². The number of fused-ring (bicyclic) bond motifs is 3. The highest BCUT2D eigenvalue weighted by Crippen LogP contribution is 2.32. The number of hydrogen-bond donors (Lipinski definition) is 1. The van der Waals surface area contributed by atoms with E-state index in [2.05, 4.69) is 4.98 Å². The van der Waals surface area contributed by atoms with Crippen molar-refractivity contribution in [3.8, 4) is 0 Å². The largest absolute Gasteiger partial charge is 0.389 e. The third kappa shape index (κ3) is 2.81. The molecule has 0 spiro atoms. The number of piperidine rings is 1. The van der Waals surface area contributed by atoms with Crippen molar-refractivity contribution < 1.29 is 15.4 Å². The van der Waals surface area contributed by atoms with Crippen LogP contribution in [-0.4, -0.2) is 43.0 Å². The van der Waals surface area contributed by atoms with Gasteiger partial charge in [-0.3, -0.25) is 18.6 Å². The quantitative estimate of drug-likeness (QED) is 0.733. The lowest BCUT2D eigenvalue weighted by molar-refractivity contribution is -0.129. The van der Waals surface area contributed by atoms with Gasteiger partial charge in [0.2, 0.25) is 5.91 Å². The molecule has 1 aliphatic heterocycles. The average molecular weight is 386 g/mol. The van der Waals surface area contributed by atoms with E-state index in [9.17, 15) is 14.7 Å². The van der Waals surface area contributed by atoms with Crippen LogP contribution in [0.15, 0.2) is 23.3 Å². The highest BCUT2D eigenvalue weighted by molar-refractivity contribution is 5.85. The third-order valence-electron chi connectivity index (χ3n) is 5.63. The van der Waals surface area contributed by atoms with Gasteiger partial charge in [0.25, 0.3) is 5.56 Å². The van der Waals surface area contributed by atoms with Gasteiger partial charge in [-0.2, -0.15) is 0 Å². The smallest absolute Gasteiger partial charge is 0.261 e. The zero-order valence-corrected chi connectivity index (χ0v) is 16.2. The Morgan fingerprint density at radius 2 is 2.11 bits per heavy atom. The Morgan fingerprint density at radius 1 is 1.39 bits per heavy atom. The molecule has 0 bridgehead atoms. The molecule has 7 heteroatoms. The maximum atomic E-state index is 13.5. The summed E-state index contributed by atoms with van der Waals surface area (Å²) in [4.78, 5) is 31.4. The Bertz CT molecular complexity index is 1280. The average Bonchev–Trinajstić information content (AvgIpc) is 3.10. The molecule has 0 radical (unpaired) electrons. The van der Waals surface area contributed by atoms with Crippen LogP contribution in [-0.2, 0) is 11.8 Å². The number of carbonyl (C=O) groups is 1. The number of aliphatic hydroxyl groups is 1. The number of rotatable bonds is 2. The maximum Gasteiger partial charge on any atom is 0.261 e. The molecule has 3 aromatic rings. The third-order valence-corrected chi connectivity index (χ3v) is 5.63. The fourth-order valence-corrected chi connectivity index (χ4v) is 4.19. The number of benzene rings is 1. The van der Waals surface area contributed by atoms with E-state index in [1.165, 1.54) is 24.6 Å². The number of likely N-dealkylation sites (tertiary alicyclic amines) is 1. The fourth-order valence-electron chi connectivity index (χ4n) is 4.19. The van der Waals surface area contributed by atoms with E-state index in [4.69, 9.17) is 5.48 Å². The summed E-state index contributed by atoms with van der Waals surface area (Å²) in [7, 11) is 0. The van der Waals surface area contributed by atoms with Crippen LogP contribution >= 0.6 is 0 Å². The first kappa shape index (κ1) is 14.3. The number of imidazole rings is 1. The molecule has 1 unspecified atom stereocenters.